The molecule has 0 bridgehead atoms. The van der Waals surface area contributed by atoms with Crippen molar-refractivity contribution in [3.8, 4) is 0 Å². The molecule has 0 aliphatic heterocycles. The smallest absolute Gasteiger partial charge is 0.303 e. The van der Waals surface area contributed by atoms with Crippen molar-refractivity contribution in [1.29, 1.82) is 0 Å². The number of carbonyl (C=O) groups is 1. The molecule has 0 heterocycles. The van der Waals surface area contributed by atoms with Crippen LogP contribution in [-0.2, 0) is 10.7 Å². The molecule has 1 saturated carbocycles. The van der Waals surface area contributed by atoms with E-state index in [9.17, 15) is 13.6 Å². The van der Waals surface area contributed by atoms with Crippen molar-refractivity contribution < 1.29 is 18.7 Å². The van der Waals surface area contributed by atoms with Crippen molar-refractivity contribution in [3.63, 3.8) is 0 Å². The third-order valence-corrected chi connectivity index (χ3v) is 4.58. The molecule has 0 amide bonds. The molecule has 0 atom stereocenters. The molecule has 5 heteroatoms. The van der Waals surface area contributed by atoms with Crippen molar-refractivity contribution >= 4 is 21.9 Å². The van der Waals surface area contributed by atoms with E-state index in [1.54, 1.807) is 12.1 Å². The van der Waals surface area contributed by atoms with Gasteiger partial charge in [0.25, 0.3) is 5.92 Å². The second kappa shape index (κ2) is 5.80. The molecule has 2 rings (SSSR count). The van der Waals surface area contributed by atoms with Gasteiger partial charge in [-0.25, -0.2) is 8.78 Å². The first kappa shape index (κ1) is 15.4. The topological polar surface area (TPSA) is 37.3 Å². The molecule has 1 aromatic carbocycles. The monoisotopic (exact) mass is 346 g/mol. The van der Waals surface area contributed by atoms with Gasteiger partial charge in [-0.15, -0.1) is 0 Å². The van der Waals surface area contributed by atoms with Crippen molar-refractivity contribution in [1.82, 2.24) is 0 Å². The summed E-state index contributed by atoms with van der Waals surface area (Å²) >= 11 is 3.22. The quantitative estimate of drug-likeness (QED) is 0.817. The van der Waals surface area contributed by atoms with E-state index in [1.165, 1.54) is 12.1 Å². The first-order chi connectivity index (χ1) is 9.33. The van der Waals surface area contributed by atoms with Gasteiger partial charge in [-0.1, -0.05) is 40.9 Å². The Morgan fingerprint density at radius 1 is 1.25 bits per heavy atom. The molecule has 0 spiro atoms. The number of hydrogen-bond acceptors (Lipinski definition) is 1. The van der Waals surface area contributed by atoms with Gasteiger partial charge >= 0.3 is 5.97 Å². The van der Waals surface area contributed by atoms with Gasteiger partial charge < -0.3 is 5.11 Å². The van der Waals surface area contributed by atoms with E-state index < -0.39 is 17.3 Å². The van der Waals surface area contributed by atoms with Crippen LogP contribution in [0, 0.1) is 5.41 Å². The second-order valence-corrected chi connectivity index (χ2v) is 6.58. The van der Waals surface area contributed by atoms with Crippen LogP contribution in [0.2, 0.25) is 0 Å². The third kappa shape index (κ3) is 3.57. The summed E-state index contributed by atoms with van der Waals surface area (Å²) in [6, 6.07) is 5.96. The Morgan fingerprint density at radius 2 is 1.80 bits per heavy atom. The van der Waals surface area contributed by atoms with E-state index in [4.69, 9.17) is 5.11 Å². The molecule has 1 aromatic rings. The lowest BCUT2D eigenvalue weighted by molar-refractivity contribution is -0.141. The molecule has 1 aliphatic carbocycles. The zero-order valence-corrected chi connectivity index (χ0v) is 12.6. The largest absolute Gasteiger partial charge is 0.481 e. The Labute approximate surface area is 125 Å². The minimum Gasteiger partial charge on any atom is -0.481 e. The van der Waals surface area contributed by atoms with Crippen LogP contribution in [-0.4, -0.2) is 11.1 Å². The highest BCUT2D eigenvalue weighted by Crippen LogP contribution is 2.50. The third-order valence-electron chi connectivity index (χ3n) is 4.05. The summed E-state index contributed by atoms with van der Waals surface area (Å²) in [6.45, 7) is 0. The molecule has 0 radical (unpaired) electrons. The Hall–Kier alpha value is -0.970. The lowest BCUT2D eigenvalue weighted by atomic mass is 9.76. The molecular weight excluding hydrogens is 330 g/mol. The minimum atomic E-state index is -2.99. The number of benzene rings is 1. The molecule has 0 unspecified atom stereocenters. The summed E-state index contributed by atoms with van der Waals surface area (Å²) in [4.78, 5) is 11.0. The number of hydrogen-bond donors (Lipinski definition) is 1. The van der Waals surface area contributed by atoms with Crippen LogP contribution in [0.15, 0.2) is 28.7 Å². The highest BCUT2D eigenvalue weighted by atomic mass is 79.9. The molecule has 2 nitrogen and oxygen atoms in total. The van der Waals surface area contributed by atoms with E-state index >= 15 is 0 Å². The second-order valence-electron chi connectivity index (χ2n) is 5.67. The molecule has 0 saturated heterocycles. The van der Waals surface area contributed by atoms with Gasteiger partial charge in [0.15, 0.2) is 0 Å². The van der Waals surface area contributed by atoms with Crippen molar-refractivity contribution in [2.75, 3.05) is 0 Å². The van der Waals surface area contributed by atoms with Gasteiger partial charge in [0, 0.05) is 16.5 Å². The molecule has 1 N–H and O–H groups in total. The molecule has 1 fully saturated rings. The van der Waals surface area contributed by atoms with E-state index in [2.05, 4.69) is 15.9 Å². The van der Waals surface area contributed by atoms with E-state index in [-0.39, 0.29) is 18.4 Å². The fraction of sp³-hybridized carbons (Fsp3) is 0.533. The number of halogens is 3. The van der Waals surface area contributed by atoms with Gasteiger partial charge in [0.1, 0.15) is 0 Å². The van der Waals surface area contributed by atoms with Gasteiger partial charge in [0.05, 0.1) is 6.42 Å². The Morgan fingerprint density at radius 3 is 2.30 bits per heavy atom. The number of carboxylic acid groups (broad SMARTS) is 1. The Balaban J connectivity index is 2.20. The van der Waals surface area contributed by atoms with Crippen LogP contribution >= 0.6 is 15.9 Å². The maximum absolute atomic E-state index is 14.4. The Bertz CT molecular complexity index is 479. The minimum absolute atomic E-state index is 0.0441. The first-order valence-corrected chi connectivity index (χ1v) is 7.48. The average Bonchev–Trinajstić information content (AvgIpc) is 2.75. The summed E-state index contributed by atoms with van der Waals surface area (Å²) in [5.74, 6) is -3.97. The number of alkyl halides is 2. The normalized spacial score (nSPS) is 18.1. The fourth-order valence-electron chi connectivity index (χ4n) is 3.13. The summed E-state index contributed by atoms with van der Waals surface area (Å²) in [7, 11) is 0. The maximum Gasteiger partial charge on any atom is 0.303 e. The SMILES string of the molecule is O=C(O)CC1(CC(F)(F)c2ccc(Br)cc2)CCCC1. The standard InChI is InChI=1S/C15H17BrF2O2/c16-12-5-3-11(4-6-12)15(17,18)10-14(9-13(19)20)7-1-2-8-14/h3-6H,1-2,7-10H2,(H,19,20). The summed E-state index contributed by atoms with van der Waals surface area (Å²) in [6.07, 6.45) is 2.28. The fourth-order valence-corrected chi connectivity index (χ4v) is 3.39. The molecule has 0 aromatic heterocycles. The van der Waals surface area contributed by atoms with Crippen LogP contribution in [0.5, 0.6) is 0 Å². The van der Waals surface area contributed by atoms with Crippen molar-refractivity contribution in [2.45, 2.75) is 44.4 Å². The van der Waals surface area contributed by atoms with E-state index in [0.29, 0.717) is 12.8 Å². The van der Waals surface area contributed by atoms with Crippen LogP contribution in [0.4, 0.5) is 8.78 Å². The summed E-state index contributed by atoms with van der Waals surface area (Å²) in [5, 5.41) is 8.99. The molecule has 1 aliphatic rings. The zero-order chi connectivity index (χ0) is 14.8. The molecule has 110 valence electrons. The zero-order valence-electron chi connectivity index (χ0n) is 11.0. The lowest BCUT2D eigenvalue weighted by Crippen LogP contribution is -2.29. The van der Waals surface area contributed by atoms with Crippen LogP contribution in [0.1, 0.15) is 44.1 Å². The van der Waals surface area contributed by atoms with Crippen molar-refractivity contribution in [3.05, 3.63) is 34.3 Å². The van der Waals surface area contributed by atoms with Gasteiger partial charge in [-0.2, -0.15) is 0 Å². The van der Waals surface area contributed by atoms with E-state index in [1.807, 2.05) is 0 Å². The molecule has 20 heavy (non-hydrogen) atoms. The van der Waals surface area contributed by atoms with Gasteiger partial charge in [0.2, 0.25) is 0 Å². The summed E-state index contributed by atoms with van der Waals surface area (Å²) in [5.41, 5.74) is -0.806. The van der Waals surface area contributed by atoms with Crippen molar-refractivity contribution in [2.24, 2.45) is 5.41 Å². The van der Waals surface area contributed by atoms with Gasteiger partial charge in [-0.3, -0.25) is 4.79 Å². The van der Waals surface area contributed by atoms with Crippen LogP contribution in [0.25, 0.3) is 0 Å². The predicted molar refractivity (Wildman–Crippen MR) is 75.8 cm³/mol. The predicted octanol–water partition coefficient (Wildman–Crippen LogP) is 4.97. The average molecular weight is 347 g/mol. The highest BCUT2D eigenvalue weighted by molar-refractivity contribution is 9.10. The maximum atomic E-state index is 14.4. The van der Waals surface area contributed by atoms with Crippen LogP contribution < -0.4 is 0 Å². The number of carboxylic acids is 1. The summed E-state index contributed by atoms with van der Waals surface area (Å²) < 4.78 is 29.6. The lowest BCUT2D eigenvalue weighted by Gasteiger charge is -2.31. The Kier molecular flexibility index (Phi) is 4.47. The van der Waals surface area contributed by atoms with Gasteiger partial charge in [-0.05, 0) is 30.4 Å². The van der Waals surface area contributed by atoms with E-state index in [0.717, 1.165) is 17.3 Å². The number of rotatable bonds is 5. The van der Waals surface area contributed by atoms with Crippen LogP contribution in [0.3, 0.4) is 0 Å². The highest BCUT2D eigenvalue weighted by Gasteiger charge is 2.45. The first-order valence-electron chi connectivity index (χ1n) is 6.69. The number of aliphatic carboxylic acids is 1. The molecular formula is C15H17BrF2O2.